The minimum absolute atomic E-state index is 0.813. The van der Waals surface area contributed by atoms with Crippen molar-refractivity contribution in [3.05, 3.63) is 0 Å². The van der Waals surface area contributed by atoms with Crippen LogP contribution in [0.15, 0.2) is 0 Å². The van der Waals surface area contributed by atoms with Crippen LogP contribution < -0.4 is 0 Å². The fourth-order valence-electron chi connectivity index (χ4n) is 1.38. The van der Waals surface area contributed by atoms with E-state index in [0.29, 0.717) is 0 Å². The lowest BCUT2D eigenvalue weighted by atomic mass is 9.96. The summed E-state index contributed by atoms with van der Waals surface area (Å²) in [7, 11) is 0. The summed E-state index contributed by atoms with van der Waals surface area (Å²) in [6.07, 6.45) is -13.2. The molecule has 2 N–H and O–H groups in total. The Morgan fingerprint density at radius 2 is 1.05 bits per heavy atom. The second kappa shape index (κ2) is 6.11. The van der Waals surface area contributed by atoms with Crippen molar-refractivity contribution >= 4 is 11.9 Å². The molecule has 0 spiro atoms. The average molecular weight is 296 g/mol. The van der Waals surface area contributed by atoms with Gasteiger partial charge in [-0.3, -0.25) is 9.59 Å². The first-order valence-electron chi connectivity index (χ1n) is 4.96. The van der Waals surface area contributed by atoms with Crippen LogP contribution in [0, 0.1) is 11.8 Å². The van der Waals surface area contributed by atoms with Gasteiger partial charge in [-0.2, -0.15) is 26.3 Å². The van der Waals surface area contributed by atoms with Crippen LogP contribution in [-0.2, 0) is 9.59 Å². The second-order valence-electron chi connectivity index (χ2n) is 3.80. The zero-order valence-corrected chi connectivity index (χ0v) is 9.25. The van der Waals surface area contributed by atoms with Gasteiger partial charge in [-0.05, 0) is 12.8 Å². The van der Waals surface area contributed by atoms with Crippen LogP contribution in [0.2, 0.25) is 0 Å². The van der Waals surface area contributed by atoms with Crippen molar-refractivity contribution in [2.24, 2.45) is 11.8 Å². The molecule has 10 heteroatoms. The zero-order chi connectivity index (χ0) is 15.4. The molecule has 0 rings (SSSR count). The van der Waals surface area contributed by atoms with Crippen LogP contribution in [0.25, 0.3) is 0 Å². The highest BCUT2D eigenvalue weighted by atomic mass is 19.4. The van der Waals surface area contributed by atoms with E-state index < -0.39 is 55.4 Å². The number of halogens is 6. The van der Waals surface area contributed by atoms with E-state index in [4.69, 9.17) is 10.2 Å². The van der Waals surface area contributed by atoms with Crippen molar-refractivity contribution in [1.29, 1.82) is 0 Å². The maximum absolute atomic E-state index is 12.2. The molecule has 112 valence electrons. The molecule has 0 aromatic heterocycles. The number of carboxylic acids is 2. The number of carbonyl (C=O) groups is 2. The SMILES string of the molecule is O=C(O)C(CCCC(C(=O)O)C(F)(F)F)C(F)(F)F. The zero-order valence-electron chi connectivity index (χ0n) is 9.25. The van der Waals surface area contributed by atoms with Gasteiger partial charge in [0.2, 0.25) is 0 Å². The Morgan fingerprint density at radius 3 is 1.21 bits per heavy atom. The molecule has 0 radical (unpaired) electrons. The van der Waals surface area contributed by atoms with Crippen molar-refractivity contribution in [3.63, 3.8) is 0 Å². The smallest absolute Gasteiger partial charge is 0.402 e. The normalized spacial score (nSPS) is 15.9. The molecule has 2 unspecified atom stereocenters. The molecule has 0 aliphatic heterocycles. The van der Waals surface area contributed by atoms with E-state index in [1.54, 1.807) is 0 Å². The topological polar surface area (TPSA) is 74.6 Å². The van der Waals surface area contributed by atoms with E-state index in [0.717, 1.165) is 0 Å². The van der Waals surface area contributed by atoms with Gasteiger partial charge in [0.05, 0.1) is 0 Å². The Balaban J connectivity index is 4.56. The standard InChI is InChI=1S/C9H10F6O4/c10-8(11,12)4(6(16)17)2-1-3-5(7(18)19)9(13,14)15/h4-5H,1-3H2,(H,16,17)(H,18,19). The van der Waals surface area contributed by atoms with Gasteiger partial charge in [-0.1, -0.05) is 6.42 Å². The summed E-state index contributed by atoms with van der Waals surface area (Å²) in [4.78, 5) is 20.6. The third kappa shape index (κ3) is 5.79. The molecule has 0 heterocycles. The molecule has 19 heavy (non-hydrogen) atoms. The van der Waals surface area contributed by atoms with E-state index in [9.17, 15) is 35.9 Å². The fraction of sp³-hybridized carbons (Fsp3) is 0.778. The minimum Gasteiger partial charge on any atom is -0.481 e. The van der Waals surface area contributed by atoms with Crippen molar-refractivity contribution in [1.82, 2.24) is 0 Å². The van der Waals surface area contributed by atoms with Gasteiger partial charge in [0, 0.05) is 0 Å². The van der Waals surface area contributed by atoms with E-state index in [2.05, 4.69) is 0 Å². The van der Waals surface area contributed by atoms with Crippen LogP contribution in [0.3, 0.4) is 0 Å². The molecular formula is C9H10F6O4. The molecule has 0 amide bonds. The van der Waals surface area contributed by atoms with Gasteiger partial charge in [0.15, 0.2) is 11.8 Å². The second-order valence-corrected chi connectivity index (χ2v) is 3.80. The predicted octanol–water partition coefficient (Wildman–Crippen LogP) is 2.68. The monoisotopic (exact) mass is 296 g/mol. The summed E-state index contributed by atoms with van der Waals surface area (Å²) in [5, 5.41) is 16.6. The number of aliphatic carboxylic acids is 2. The van der Waals surface area contributed by atoms with Gasteiger partial charge in [-0.15, -0.1) is 0 Å². The third-order valence-corrected chi connectivity index (χ3v) is 2.37. The van der Waals surface area contributed by atoms with Crippen LogP contribution in [-0.4, -0.2) is 34.5 Å². The molecule has 0 aromatic carbocycles. The molecule has 0 saturated heterocycles. The molecule has 0 bridgehead atoms. The van der Waals surface area contributed by atoms with Gasteiger partial charge in [0.1, 0.15) is 0 Å². The lowest BCUT2D eigenvalue weighted by molar-refractivity contribution is -0.198. The van der Waals surface area contributed by atoms with Gasteiger partial charge in [-0.25, -0.2) is 0 Å². The molecular weight excluding hydrogens is 286 g/mol. The number of carboxylic acid groups (broad SMARTS) is 2. The molecule has 0 aromatic rings. The van der Waals surface area contributed by atoms with E-state index >= 15 is 0 Å². The van der Waals surface area contributed by atoms with Gasteiger partial charge in [0.25, 0.3) is 0 Å². The first-order chi connectivity index (χ1) is 8.37. The van der Waals surface area contributed by atoms with Crippen LogP contribution >= 0.6 is 0 Å². The summed E-state index contributed by atoms with van der Waals surface area (Å²) in [6, 6.07) is 0. The fourth-order valence-corrected chi connectivity index (χ4v) is 1.38. The van der Waals surface area contributed by atoms with Crippen molar-refractivity contribution in [2.45, 2.75) is 31.6 Å². The highest BCUT2D eigenvalue weighted by Crippen LogP contribution is 2.34. The lowest BCUT2D eigenvalue weighted by Crippen LogP contribution is -2.33. The number of hydrogen-bond donors (Lipinski definition) is 2. The van der Waals surface area contributed by atoms with Gasteiger partial charge >= 0.3 is 24.3 Å². The van der Waals surface area contributed by atoms with E-state index in [1.807, 2.05) is 0 Å². The van der Waals surface area contributed by atoms with Crippen molar-refractivity contribution in [2.75, 3.05) is 0 Å². The third-order valence-electron chi connectivity index (χ3n) is 2.37. The molecule has 0 saturated carbocycles. The average Bonchev–Trinajstić information content (AvgIpc) is 2.11. The number of hydrogen-bond acceptors (Lipinski definition) is 2. The summed E-state index contributed by atoms with van der Waals surface area (Å²) in [5.74, 6) is -10.00. The first kappa shape index (κ1) is 17.5. The maximum Gasteiger partial charge on any atom is 0.402 e. The Bertz CT molecular complexity index is 303. The molecule has 4 nitrogen and oxygen atoms in total. The highest BCUT2D eigenvalue weighted by Gasteiger charge is 2.47. The number of rotatable bonds is 6. The summed E-state index contributed by atoms with van der Waals surface area (Å²) in [5.41, 5.74) is 0. The molecule has 0 aliphatic carbocycles. The van der Waals surface area contributed by atoms with Crippen LogP contribution in [0.5, 0.6) is 0 Å². The molecule has 2 atom stereocenters. The van der Waals surface area contributed by atoms with E-state index in [1.165, 1.54) is 0 Å². The highest BCUT2D eigenvalue weighted by molar-refractivity contribution is 5.71. The first-order valence-corrected chi connectivity index (χ1v) is 4.96. The Morgan fingerprint density at radius 1 is 0.789 bits per heavy atom. The Labute approximate surface area is 103 Å². The summed E-state index contributed by atoms with van der Waals surface area (Å²) < 4.78 is 73.0. The van der Waals surface area contributed by atoms with Crippen molar-refractivity contribution in [3.8, 4) is 0 Å². The minimum atomic E-state index is -5.08. The lowest BCUT2D eigenvalue weighted by Gasteiger charge is -2.18. The summed E-state index contributed by atoms with van der Waals surface area (Å²) >= 11 is 0. The van der Waals surface area contributed by atoms with Crippen LogP contribution in [0.1, 0.15) is 19.3 Å². The quantitative estimate of drug-likeness (QED) is 0.739. The number of alkyl halides is 6. The van der Waals surface area contributed by atoms with Crippen LogP contribution in [0.4, 0.5) is 26.3 Å². The Hall–Kier alpha value is -1.48. The largest absolute Gasteiger partial charge is 0.481 e. The van der Waals surface area contributed by atoms with Gasteiger partial charge < -0.3 is 10.2 Å². The van der Waals surface area contributed by atoms with Crippen molar-refractivity contribution < 1.29 is 46.1 Å². The summed E-state index contributed by atoms with van der Waals surface area (Å²) in [6.45, 7) is 0. The Kier molecular flexibility index (Phi) is 5.63. The molecule has 0 fully saturated rings. The van der Waals surface area contributed by atoms with E-state index in [-0.39, 0.29) is 0 Å². The molecule has 0 aliphatic rings. The predicted molar refractivity (Wildman–Crippen MR) is 48.2 cm³/mol. The maximum atomic E-state index is 12.2.